The third-order valence-corrected chi connectivity index (χ3v) is 3.96. The number of likely N-dealkylation sites (tertiary alicyclic amines) is 1. The molecule has 0 aromatic heterocycles. The summed E-state index contributed by atoms with van der Waals surface area (Å²) >= 11 is 0. The molecular formula is C15H21N3O2. The highest BCUT2D eigenvalue weighted by molar-refractivity contribution is 5.91. The first-order chi connectivity index (χ1) is 9.49. The molecule has 1 saturated heterocycles. The monoisotopic (exact) mass is 275 g/mol. The molecule has 1 atom stereocenters. The molecule has 1 aliphatic heterocycles. The van der Waals surface area contributed by atoms with E-state index < -0.39 is 0 Å². The van der Waals surface area contributed by atoms with Gasteiger partial charge in [0.05, 0.1) is 5.92 Å². The Kier molecular flexibility index (Phi) is 4.27. The van der Waals surface area contributed by atoms with Crippen LogP contribution in [0.3, 0.4) is 0 Å². The van der Waals surface area contributed by atoms with Gasteiger partial charge in [0.2, 0.25) is 5.91 Å². The van der Waals surface area contributed by atoms with Crippen LogP contribution in [0.25, 0.3) is 0 Å². The van der Waals surface area contributed by atoms with Crippen LogP contribution in [0.15, 0.2) is 18.2 Å². The first-order valence-corrected chi connectivity index (χ1v) is 6.90. The number of hydrogen-bond donors (Lipinski definition) is 2. The molecule has 1 unspecified atom stereocenters. The van der Waals surface area contributed by atoms with E-state index in [-0.39, 0.29) is 17.9 Å². The van der Waals surface area contributed by atoms with Gasteiger partial charge in [0, 0.05) is 18.8 Å². The van der Waals surface area contributed by atoms with Gasteiger partial charge >= 0.3 is 6.03 Å². The first kappa shape index (κ1) is 14.4. The number of carbonyl (C=O) groups is 2. The minimum absolute atomic E-state index is 0.162. The molecule has 1 aromatic carbocycles. The lowest BCUT2D eigenvalue weighted by Crippen LogP contribution is -2.45. The van der Waals surface area contributed by atoms with Crippen LogP contribution >= 0.6 is 0 Å². The number of anilines is 1. The number of carbonyl (C=O) groups excluding carboxylic acids is 2. The summed E-state index contributed by atoms with van der Waals surface area (Å²) in [5, 5.41) is 2.92. The zero-order valence-electron chi connectivity index (χ0n) is 12.0. The average molecular weight is 275 g/mol. The molecule has 1 fully saturated rings. The molecule has 0 radical (unpaired) electrons. The smallest absolute Gasteiger partial charge is 0.321 e. The van der Waals surface area contributed by atoms with Gasteiger partial charge in [-0.2, -0.15) is 0 Å². The highest BCUT2D eigenvalue weighted by Crippen LogP contribution is 2.20. The summed E-state index contributed by atoms with van der Waals surface area (Å²) in [5.41, 5.74) is 8.34. The van der Waals surface area contributed by atoms with Crippen LogP contribution in [-0.4, -0.2) is 29.9 Å². The Balaban J connectivity index is 2.04. The number of urea groups is 1. The number of primary amides is 1. The Morgan fingerprint density at radius 1 is 1.35 bits per heavy atom. The average Bonchev–Trinajstić information content (AvgIpc) is 2.44. The summed E-state index contributed by atoms with van der Waals surface area (Å²) in [6, 6.07) is 5.65. The van der Waals surface area contributed by atoms with E-state index in [1.165, 1.54) is 0 Å². The quantitative estimate of drug-likeness (QED) is 0.866. The van der Waals surface area contributed by atoms with E-state index in [4.69, 9.17) is 5.73 Å². The van der Waals surface area contributed by atoms with E-state index in [0.29, 0.717) is 13.1 Å². The van der Waals surface area contributed by atoms with Crippen molar-refractivity contribution in [2.45, 2.75) is 26.7 Å². The number of nitrogens with one attached hydrogen (secondary N) is 1. The number of aryl methyl sites for hydroxylation is 1. The molecule has 0 aliphatic carbocycles. The zero-order valence-corrected chi connectivity index (χ0v) is 12.0. The van der Waals surface area contributed by atoms with Gasteiger partial charge in [-0.1, -0.05) is 12.1 Å². The maximum atomic E-state index is 12.3. The molecule has 3 amide bonds. The summed E-state index contributed by atoms with van der Waals surface area (Å²) in [7, 11) is 0. The lowest BCUT2D eigenvalue weighted by Gasteiger charge is -2.31. The molecule has 5 heteroatoms. The number of nitrogens with zero attached hydrogens (tertiary/aromatic N) is 1. The number of hydrogen-bond acceptors (Lipinski definition) is 2. The Morgan fingerprint density at radius 3 is 2.80 bits per heavy atom. The Bertz CT molecular complexity index is 528. The summed E-state index contributed by atoms with van der Waals surface area (Å²) in [4.78, 5) is 25.2. The van der Waals surface area contributed by atoms with E-state index in [9.17, 15) is 9.59 Å². The third-order valence-electron chi connectivity index (χ3n) is 3.96. The fourth-order valence-corrected chi connectivity index (χ4v) is 2.47. The van der Waals surface area contributed by atoms with E-state index >= 15 is 0 Å². The van der Waals surface area contributed by atoms with Gasteiger partial charge in [-0.25, -0.2) is 4.79 Å². The minimum Gasteiger partial charge on any atom is -0.369 e. The maximum Gasteiger partial charge on any atom is 0.321 e. The van der Waals surface area contributed by atoms with Crippen molar-refractivity contribution < 1.29 is 9.59 Å². The van der Waals surface area contributed by atoms with Gasteiger partial charge in [0.25, 0.3) is 0 Å². The first-order valence-electron chi connectivity index (χ1n) is 6.90. The normalized spacial score (nSPS) is 18.7. The molecule has 2 rings (SSSR count). The molecule has 0 saturated carbocycles. The topological polar surface area (TPSA) is 75.4 Å². The van der Waals surface area contributed by atoms with E-state index in [2.05, 4.69) is 5.32 Å². The number of piperidine rings is 1. The Morgan fingerprint density at radius 2 is 2.10 bits per heavy atom. The summed E-state index contributed by atoms with van der Waals surface area (Å²) < 4.78 is 0. The van der Waals surface area contributed by atoms with Crippen LogP contribution in [0, 0.1) is 19.8 Å². The Labute approximate surface area is 119 Å². The highest BCUT2D eigenvalue weighted by Gasteiger charge is 2.27. The lowest BCUT2D eigenvalue weighted by molar-refractivity contribution is -0.123. The van der Waals surface area contributed by atoms with Gasteiger partial charge in [-0.05, 0) is 43.9 Å². The van der Waals surface area contributed by atoms with Crippen molar-refractivity contribution in [2.24, 2.45) is 11.7 Å². The van der Waals surface area contributed by atoms with Crippen molar-refractivity contribution in [3.05, 3.63) is 29.3 Å². The number of nitrogens with two attached hydrogens (primary N) is 1. The van der Waals surface area contributed by atoms with Crippen molar-refractivity contribution in [2.75, 3.05) is 18.4 Å². The zero-order chi connectivity index (χ0) is 14.7. The van der Waals surface area contributed by atoms with Crippen LogP contribution in [0.4, 0.5) is 10.5 Å². The molecule has 0 bridgehead atoms. The van der Waals surface area contributed by atoms with Gasteiger partial charge in [-0.15, -0.1) is 0 Å². The SMILES string of the molecule is Cc1cccc(NC(=O)N2CCCC(C(N)=O)C2)c1C. The van der Waals surface area contributed by atoms with E-state index in [0.717, 1.165) is 29.7 Å². The molecule has 5 nitrogen and oxygen atoms in total. The van der Waals surface area contributed by atoms with Crippen LogP contribution in [0.2, 0.25) is 0 Å². The Hall–Kier alpha value is -2.04. The number of rotatable bonds is 2. The summed E-state index contributed by atoms with van der Waals surface area (Å²) in [6.07, 6.45) is 1.58. The van der Waals surface area contributed by atoms with Crippen molar-refractivity contribution in [3.8, 4) is 0 Å². The molecule has 20 heavy (non-hydrogen) atoms. The molecule has 0 spiro atoms. The fraction of sp³-hybridized carbons (Fsp3) is 0.467. The van der Waals surface area contributed by atoms with Crippen molar-refractivity contribution in [1.29, 1.82) is 0 Å². The van der Waals surface area contributed by atoms with Crippen molar-refractivity contribution >= 4 is 17.6 Å². The van der Waals surface area contributed by atoms with Gasteiger partial charge in [0.1, 0.15) is 0 Å². The van der Waals surface area contributed by atoms with Crippen molar-refractivity contribution in [3.63, 3.8) is 0 Å². The summed E-state index contributed by atoms with van der Waals surface area (Å²) in [6.45, 7) is 5.06. The second kappa shape index (κ2) is 5.94. The van der Waals surface area contributed by atoms with Gasteiger partial charge in [-0.3, -0.25) is 4.79 Å². The van der Waals surface area contributed by atoms with Crippen molar-refractivity contribution in [1.82, 2.24) is 4.90 Å². The molecule has 1 aliphatic rings. The maximum absolute atomic E-state index is 12.3. The van der Waals surface area contributed by atoms with Crippen LogP contribution in [0.5, 0.6) is 0 Å². The summed E-state index contributed by atoms with van der Waals surface area (Å²) in [5.74, 6) is -0.553. The standard InChI is InChI=1S/C15H21N3O2/c1-10-5-3-7-13(11(10)2)17-15(20)18-8-4-6-12(9-18)14(16)19/h3,5,7,12H,4,6,8-9H2,1-2H3,(H2,16,19)(H,17,20). The second-order valence-electron chi connectivity index (χ2n) is 5.37. The third kappa shape index (κ3) is 3.10. The second-order valence-corrected chi connectivity index (χ2v) is 5.37. The molecule has 1 heterocycles. The van der Waals surface area contributed by atoms with Crippen LogP contribution in [-0.2, 0) is 4.79 Å². The fourth-order valence-electron chi connectivity index (χ4n) is 2.47. The minimum atomic E-state index is -0.325. The van der Waals surface area contributed by atoms with E-state index in [1.54, 1.807) is 4.90 Å². The molecule has 3 N–H and O–H groups in total. The number of benzene rings is 1. The molecule has 108 valence electrons. The number of amides is 3. The molecular weight excluding hydrogens is 254 g/mol. The van der Waals surface area contributed by atoms with Gasteiger partial charge < -0.3 is 16.0 Å². The van der Waals surface area contributed by atoms with Crippen LogP contribution in [0.1, 0.15) is 24.0 Å². The molecule has 1 aromatic rings. The predicted octanol–water partition coefficient (Wildman–Crippen LogP) is 2.03. The van der Waals surface area contributed by atoms with E-state index in [1.807, 2.05) is 32.0 Å². The predicted molar refractivity (Wildman–Crippen MR) is 78.4 cm³/mol. The lowest BCUT2D eigenvalue weighted by atomic mass is 9.98. The van der Waals surface area contributed by atoms with Crippen LogP contribution < -0.4 is 11.1 Å². The van der Waals surface area contributed by atoms with Gasteiger partial charge in [0.15, 0.2) is 0 Å². The largest absolute Gasteiger partial charge is 0.369 e. The highest BCUT2D eigenvalue weighted by atomic mass is 16.2.